The average Bonchev–Trinajstić information content (AvgIpc) is 3.05. The van der Waals surface area contributed by atoms with Crippen molar-refractivity contribution in [3.8, 4) is 0 Å². The smallest absolute Gasteiger partial charge is 0.331 e. The monoisotopic (exact) mass is 499 g/mol. The molecule has 1 aliphatic heterocycles. The average molecular weight is 500 g/mol. The topological polar surface area (TPSA) is 130 Å². The molecule has 10 nitrogen and oxygen atoms in total. The summed E-state index contributed by atoms with van der Waals surface area (Å²) in [6, 6.07) is 10.4. The highest BCUT2D eigenvalue weighted by atomic mass is 32.2. The Labute approximate surface area is 203 Å². The molecule has 2 aromatic rings. The summed E-state index contributed by atoms with van der Waals surface area (Å²) in [6.45, 7) is 3.69. The number of hydrogen-bond acceptors (Lipinski definition) is 7. The molecule has 0 spiro atoms. The number of ether oxygens (including phenoxy) is 1. The third-order valence-corrected chi connectivity index (χ3v) is 7.42. The lowest BCUT2D eigenvalue weighted by Crippen LogP contribution is -2.30. The van der Waals surface area contributed by atoms with E-state index in [9.17, 15) is 27.6 Å². The van der Waals surface area contributed by atoms with Gasteiger partial charge in [-0.2, -0.15) is 4.31 Å². The molecule has 35 heavy (non-hydrogen) atoms. The predicted molar refractivity (Wildman–Crippen MR) is 128 cm³/mol. The second-order valence-corrected chi connectivity index (χ2v) is 9.52. The lowest BCUT2D eigenvalue weighted by molar-refractivity contribution is -0.142. The van der Waals surface area contributed by atoms with Crippen LogP contribution >= 0.6 is 0 Å². The number of carbonyl (C=O) groups excluding carboxylic acids is 4. The Kier molecular flexibility index (Phi) is 7.82. The summed E-state index contributed by atoms with van der Waals surface area (Å²) >= 11 is 0. The first-order valence-electron chi connectivity index (χ1n) is 10.8. The number of nitrogens with zero attached hydrogens (tertiary/aromatic N) is 2. The van der Waals surface area contributed by atoms with Gasteiger partial charge in [0.2, 0.25) is 10.0 Å². The molecule has 3 amide bonds. The van der Waals surface area contributed by atoms with Crippen LogP contribution in [0.5, 0.6) is 0 Å². The third kappa shape index (κ3) is 5.64. The SMILES string of the molecule is CCN(CC)S(=O)(=O)c1ccc(/C=C/C(=O)OCC(=O)Nc2ccc3c(c2)C(=O)N(C)C3=O)cc1. The van der Waals surface area contributed by atoms with E-state index in [-0.39, 0.29) is 21.7 Å². The first kappa shape index (κ1) is 25.8. The number of fused-ring (bicyclic) bond motifs is 1. The van der Waals surface area contributed by atoms with Crippen LogP contribution in [-0.2, 0) is 24.3 Å². The van der Waals surface area contributed by atoms with Gasteiger partial charge in [-0.1, -0.05) is 26.0 Å². The van der Waals surface area contributed by atoms with Gasteiger partial charge in [0.05, 0.1) is 16.0 Å². The highest BCUT2D eigenvalue weighted by Gasteiger charge is 2.32. The fourth-order valence-electron chi connectivity index (χ4n) is 3.45. The van der Waals surface area contributed by atoms with E-state index in [1.807, 2.05) is 0 Å². The van der Waals surface area contributed by atoms with Crippen molar-refractivity contribution < 1.29 is 32.3 Å². The molecule has 0 unspecified atom stereocenters. The number of sulfonamides is 1. The molecule has 184 valence electrons. The molecule has 0 saturated carbocycles. The fourth-order valence-corrected chi connectivity index (χ4v) is 4.91. The first-order chi connectivity index (χ1) is 16.6. The van der Waals surface area contributed by atoms with Gasteiger partial charge in [0.1, 0.15) is 0 Å². The van der Waals surface area contributed by atoms with E-state index in [1.54, 1.807) is 26.0 Å². The molecule has 0 fully saturated rings. The molecular formula is C24H25N3O7S. The van der Waals surface area contributed by atoms with Gasteiger partial charge in [0, 0.05) is 31.9 Å². The zero-order valence-corrected chi connectivity index (χ0v) is 20.3. The summed E-state index contributed by atoms with van der Waals surface area (Å²) in [4.78, 5) is 49.2. The van der Waals surface area contributed by atoms with Crippen molar-refractivity contribution >= 4 is 45.5 Å². The Bertz CT molecular complexity index is 1300. The van der Waals surface area contributed by atoms with Gasteiger partial charge in [-0.25, -0.2) is 13.2 Å². The van der Waals surface area contributed by atoms with E-state index in [4.69, 9.17) is 4.74 Å². The summed E-state index contributed by atoms with van der Waals surface area (Å²) in [5, 5.41) is 2.51. The van der Waals surface area contributed by atoms with Crippen LogP contribution in [0.3, 0.4) is 0 Å². The summed E-state index contributed by atoms with van der Waals surface area (Å²) in [5.41, 5.74) is 1.31. The van der Waals surface area contributed by atoms with E-state index >= 15 is 0 Å². The maximum atomic E-state index is 12.5. The zero-order chi connectivity index (χ0) is 25.8. The maximum absolute atomic E-state index is 12.5. The number of hydrogen-bond donors (Lipinski definition) is 1. The van der Waals surface area contributed by atoms with Crippen molar-refractivity contribution in [2.45, 2.75) is 18.7 Å². The second-order valence-electron chi connectivity index (χ2n) is 7.58. The van der Waals surface area contributed by atoms with Crippen molar-refractivity contribution in [3.05, 3.63) is 65.2 Å². The zero-order valence-electron chi connectivity index (χ0n) is 19.5. The first-order valence-corrected chi connectivity index (χ1v) is 12.2. The van der Waals surface area contributed by atoms with Crippen LogP contribution < -0.4 is 5.32 Å². The number of esters is 1. The Morgan fingerprint density at radius 1 is 1.00 bits per heavy atom. The van der Waals surface area contributed by atoms with Crippen molar-refractivity contribution in [2.75, 3.05) is 32.1 Å². The van der Waals surface area contributed by atoms with Crippen LogP contribution in [0.25, 0.3) is 6.08 Å². The molecule has 2 aromatic carbocycles. The minimum absolute atomic E-state index is 0.155. The fraction of sp³-hybridized carbons (Fsp3) is 0.250. The standard InChI is InChI=1S/C24H25N3O7S/c1-4-27(5-2)35(32,33)18-10-6-16(7-11-18)8-13-22(29)34-15-21(28)25-17-9-12-19-20(14-17)24(31)26(3)23(19)30/h6-14H,4-5,15H2,1-3H3,(H,25,28)/b13-8+. The Morgan fingerprint density at radius 2 is 1.63 bits per heavy atom. The summed E-state index contributed by atoms with van der Waals surface area (Å²) in [5.74, 6) is -2.26. The molecule has 1 heterocycles. The number of rotatable bonds is 9. The van der Waals surface area contributed by atoms with E-state index in [0.717, 1.165) is 11.0 Å². The second kappa shape index (κ2) is 10.6. The number of carbonyl (C=O) groups is 4. The van der Waals surface area contributed by atoms with Crippen molar-refractivity contribution in [1.82, 2.24) is 9.21 Å². The molecule has 1 aliphatic rings. The summed E-state index contributed by atoms with van der Waals surface area (Å²) < 4.78 is 31.3. The molecule has 3 rings (SSSR count). The van der Waals surface area contributed by atoms with E-state index in [1.165, 1.54) is 47.8 Å². The molecule has 0 saturated heterocycles. The summed E-state index contributed by atoms with van der Waals surface area (Å²) in [7, 11) is -2.20. The third-order valence-electron chi connectivity index (χ3n) is 5.35. The lowest BCUT2D eigenvalue weighted by Gasteiger charge is -2.18. The molecule has 1 N–H and O–H groups in total. The quantitative estimate of drug-likeness (QED) is 0.318. The predicted octanol–water partition coefficient (Wildman–Crippen LogP) is 2.14. The molecular weight excluding hydrogens is 474 g/mol. The number of nitrogens with one attached hydrogen (secondary N) is 1. The molecule has 0 aromatic heterocycles. The van der Waals surface area contributed by atoms with E-state index in [2.05, 4.69) is 5.32 Å². The van der Waals surface area contributed by atoms with Crippen molar-refractivity contribution in [3.63, 3.8) is 0 Å². The largest absolute Gasteiger partial charge is 0.452 e. The number of imide groups is 1. The van der Waals surface area contributed by atoms with Crippen molar-refractivity contribution in [2.24, 2.45) is 0 Å². The van der Waals surface area contributed by atoms with E-state index < -0.39 is 40.3 Å². The minimum Gasteiger partial charge on any atom is -0.452 e. The molecule has 11 heteroatoms. The lowest BCUT2D eigenvalue weighted by atomic mass is 10.1. The molecule has 0 bridgehead atoms. The molecule has 0 atom stereocenters. The number of amides is 3. The minimum atomic E-state index is -3.57. The van der Waals surface area contributed by atoms with Gasteiger partial charge in [-0.3, -0.25) is 19.3 Å². The Hall–Kier alpha value is -3.83. The Balaban J connectivity index is 1.53. The normalized spacial score (nSPS) is 13.4. The van der Waals surface area contributed by atoms with Gasteiger partial charge in [-0.15, -0.1) is 0 Å². The van der Waals surface area contributed by atoms with Crippen LogP contribution in [0, 0.1) is 0 Å². The van der Waals surface area contributed by atoms with Crippen LogP contribution in [0.4, 0.5) is 5.69 Å². The van der Waals surface area contributed by atoms with Gasteiger partial charge in [-0.05, 0) is 42.0 Å². The number of benzene rings is 2. The van der Waals surface area contributed by atoms with Gasteiger partial charge < -0.3 is 10.1 Å². The van der Waals surface area contributed by atoms with Crippen LogP contribution in [-0.4, -0.2) is 68.1 Å². The molecule has 0 radical (unpaired) electrons. The molecule has 0 aliphatic carbocycles. The summed E-state index contributed by atoms with van der Waals surface area (Å²) in [6.07, 6.45) is 2.56. The highest BCUT2D eigenvalue weighted by molar-refractivity contribution is 7.89. The van der Waals surface area contributed by atoms with Gasteiger partial charge in [0.25, 0.3) is 17.7 Å². The van der Waals surface area contributed by atoms with E-state index in [0.29, 0.717) is 18.7 Å². The Morgan fingerprint density at radius 3 is 2.26 bits per heavy atom. The van der Waals surface area contributed by atoms with Crippen LogP contribution in [0.15, 0.2) is 53.4 Å². The van der Waals surface area contributed by atoms with Gasteiger partial charge in [0.15, 0.2) is 6.61 Å². The van der Waals surface area contributed by atoms with Crippen molar-refractivity contribution in [1.29, 1.82) is 0 Å². The van der Waals surface area contributed by atoms with Crippen LogP contribution in [0.1, 0.15) is 40.1 Å². The maximum Gasteiger partial charge on any atom is 0.331 e. The van der Waals surface area contributed by atoms with Crippen LogP contribution in [0.2, 0.25) is 0 Å². The van der Waals surface area contributed by atoms with Gasteiger partial charge >= 0.3 is 5.97 Å². The highest BCUT2D eigenvalue weighted by Crippen LogP contribution is 2.24. The number of anilines is 1.